The van der Waals surface area contributed by atoms with Crippen molar-refractivity contribution >= 4 is 17.0 Å². The minimum atomic E-state index is -0.216. The third-order valence-electron chi connectivity index (χ3n) is 5.98. The molecular formula is C29H32N2O5. The predicted molar refractivity (Wildman–Crippen MR) is 139 cm³/mol. The first-order valence-electron chi connectivity index (χ1n) is 12.1. The van der Waals surface area contributed by atoms with Crippen molar-refractivity contribution < 1.29 is 23.7 Å². The van der Waals surface area contributed by atoms with Crippen LogP contribution in [0, 0.1) is 0 Å². The molecule has 1 aromatic heterocycles. The van der Waals surface area contributed by atoms with Gasteiger partial charge in [0.15, 0.2) is 0 Å². The standard InChI is InChI=1S/C29H32N2O5/c1-4-34-29(32)15-11-22-10-12-24(19-27(22)35-17-16-21-8-6-5-7-9-21)36-20-28-30-25-14-13-23(33-3)18-26(25)31(28)2/h5-10,12-14,18-19H,4,11,15-17,20H2,1-3H3. The summed E-state index contributed by atoms with van der Waals surface area (Å²) in [6.45, 7) is 3.01. The number of rotatable bonds is 12. The molecular weight excluding hydrogens is 456 g/mol. The summed E-state index contributed by atoms with van der Waals surface area (Å²) in [6, 6.07) is 21.7. The second kappa shape index (κ2) is 12.1. The van der Waals surface area contributed by atoms with Gasteiger partial charge in [-0.15, -0.1) is 0 Å². The summed E-state index contributed by atoms with van der Waals surface area (Å²) in [4.78, 5) is 16.6. The number of carbonyl (C=O) groups excluding carboxylic acids is 1. The molecule has 0 bridgehead atoms. The lowest BCUT2D eigenvalue weighted by molar-refractivity contribution is -0.143. The molecule has 188 valence electrons. The normalized spacial score (nSPS) is 10.9. The minimum Gasteiger partial charge on any atom is -0.497 e. The Morgan fingerprint density at radius 2 is 1.75 bits per heavy atom. The highest BCUT2D eigenvalue weighted by molar-refractivity contribution is 5.77. The van der Waals surface area contributed by atoms with Gasteiger partial charge < -0.3 is 23.5 Å². The van der Waals surface area contributed by atoms with Crippen LogP contribution in [0.5, 0.6) is 17.2 Å². The van der Waals surface area contributed by atoms with Crippen LogP contribution in [-0.2, 0) is 36.0 Å². The fourth-order valence-electron chi connectivity index (χ4n) is 3.98. The van der Waals surface area contributed by atoms with Gasteiger partial charge in [-0.05, 0) is 42.7 Å². The minimum absolute atomic E-state index is 0.216. The van der Waals surface area contributed by atoms with Crippen molar-refractivity contribution in [3.63, 3.8) is 0 Å². The summed E-state index contributed by atoms with van der Waals surface area (Å²) in [5.74, 6) is 2.76. The van der Waals surface area contributed by atoms with Gasteiger partial charge >= 0.3 is 5.97 Å². The van der Waals surface area contributed by atoms with Crippen LogP contribution in [-0.4, -0.2) is 35.8 Å². The van der Waals surface area contributed by atoms with Crippen molar-refractivity contribution in [2.75, 3.05) is 20.3 Å². The van der Waals surface area contributed by atoms with Gasteiger partial charge in [-0.2, -0.15) is 0 Å². The second-order valence-electron chi connectivity index (χ2n) is 8.39. The predicted octanol–water partition coefficient (Wildman–Crippen LogP) is 5.28. The molecule has 0 spiro atoms. The van der Waals surface area contributed by atoms with E-state index in [1.54, 1.807) is 7.11 Å². The summed E-state index contributed by atoms with van der Waals surface area (Å²) < 4.78 is 24.7. The number of benzene rings is 3. The van der Waals surface area contributed by atoms with E-state index >= 15 is 0 Å². The molecule has 0 saturated carbocycles. The Bertz CT molecular complexity index is 1300. The summed E-state index contributed by atoms with van der Waals surface area (Å²) in [5, 5.41) is 0. The van der Waals surface area contributed by atoms with Crippen molar-refractivity contribution in [3.05, 3.63) is 83.7 Å². The van der Waals surface area contributed by atoms with Gasteiger partial charge in [0.2, 0.25) is 0 Å². The monoisotopic (exact) mass is 488 g/mol. The molecule has 0 aliphatic heterocycles. The van der Waals surface area contributed by atoms with E-state index in [-0.39, 0.29) is 5.97 Å². The Kier molecular flexibility index (Phi) is 8.44. The highest BCUT2D eigenvalue weighted by atomic mass is 16.5. The SMILES string of the molecule is CCOC(=O)CCc1ccc(OCc2nc3ccc(OC)cc3n2C)cc1OCCc1ccccc1. The Balaban J connectivity index is 1.47. The number of carbonyl (C=O) groups is 1. The number of aromatic nitrogens is 2. The van der Waals surface area contributed by atoms with Crippen LogP contribution < -0.4 is 14.2 Å². The molecule has 0 radical (unpaired) electrons. The zero-order valence-electron chi connectivity index (χ0n) is 21.0. The topological polar surface area (TPSA) is 71.8 Å². The van der Waals surface area contributed by atoms with E-state index < -0.39 is 0 Å². The number of ether oxygens (including phenoxy) is 4. The van der Waals surface area contributed by atoms with Crippen LogP contribution in [0.4, 0.5) is 0 Å². The molecule has 7 nitrogen and oxygen atoms in total. The molecule has 0 N–H and O–H groups in total. The van der Waals surface area contributed by atoms with Gasteiger partial charge in [-0.3, -0.25) is 4.79 Å². The van der Waals surface area contributed by atoms with E-state index in [4.69, 9.17) is 23.9 Å². The second-order valence-corrected chi connectivity index (χ2v) is 8.39. The molecule has 0 saturated heterocycles. The Labute approximate surface area is 211 Å². The molecule has 0 aliphatic carbocycles. The molecule has 1 heterocycles. The number of fused-ring (bicyclic) bond motifs is 1. The first-order valence-corrected chi connectivity index (χ1v) is 12.1. The molecule has 7 heteroatoms. The quantitative estimate of drug-likeness (QED) is 0.253. The molecule has 0 aliphatic rings. The van der Waals surface area contributed by atoms with Crippen molar-refractivity contribution in [1.29, 1.82) is 0 Å². The van der Waals surface area contributed by atoms with Gasteiger partial charge in [0, 0.05) is 32.0 Å². The Morgan fingerprint density at radius 3 is 2.53 bits per heavy atom. The summed E-state index contributed by atoms with van der Waals surface area (Å²) in [7, 11) is 3.61. The molecule has 4 aromatic rings. The fourth-order valence-corrected chi connectivity index (χ4v) is 3.98. The van der Waals surface area contributed by atoms with Gasteiger partial charge in [-0.1, -0.05) is 36.4 Å². The smallest absolute Gasteiger partial charge is 0.306 e. The Hall–Kier alpha value is -4.00. The molecule has 4 rings (SSSR count). The van der Waals surface area contributed by atoms with Crippen LogP contribution >= 0.6 is 0 Å². The van der Waals surface area contributed by atoms with Crippen molar-refractivity contribution in [3.8, 4) is 17.2 Å². The molecule has 3 aromatic carbocycles. The maximum absolute atomic E-state index is 11.9. The van der Waals surface area contributed by atoms with E-state index in [0.717, 1.165) is 34.6 Å². The maximum Gasteiger partial charge on any atom is 0.306 e. The maximum atomic E-state index is 11.9. The third-order valence-corrected chi connectivity index (χ3v) is 5.98. The molecule has 36 heavy (non-hydrogen) atoms. The van der Waals surface area contributed by atoms with E-state index in [2.05, 4.69) is 12.1 Å². The van der Waals surface area contributed by atoms with Crippen molar-refractivity contribution in [2.24, 2.45) is 7.05 Å². The van der Waals surface area contributed by atoms with E-state index in [1.807, 2.05) is 73.1 Å². The fraction of sp³-hybridized carbons (Fsp3) is 0.310. The van der Waals surface area contributed by atoms with Crippen LogP contribution in [0.3, 0.4) is 0 Å². The molecule has 0 fully saturated rings. The summed E-state index contributed by atoms with van der Waals surface area (Å²) in [6.07, 6.45) is 1.62. The van der Waals surface area contributed by atoms with Gasteiger partial charge in [-0.25, -0.2) is 4.98 Å². The molecule has 0 unspecified atom stereocenters. The average molecular weight is 489 g/mol. The lowest BCUT2D eigenvalue weighted by Gasteiger charge is -2.14. The number of hydrogen-bond donors (Lipinski definition) is 0. The van der Waals surface area contributed by atoms with Crippen molar-refractivity contribution in [1.82, 2.24) is 9.55 Å². The number of hydrogen-bond acceptors (Lipinski definition) is 6. The first kappa shape index (κ1) is 25.1. The zero-order chi connectivity index (χ0) is 25.3. The lowest BCUT2D eigenvalue weighted by Crippen LogP contribution is -2.08. The molecule has 0 atom stereocenters. The molecule has 0 amide bonds. The number of imidazole rings is 1. The van der Waals surface area contributed by atoms with E-state index in [0.29, 0.717) is 44.2 Å². The van der Waals surface area contributed by atoms with Crippen LogP contribution in [0.2, 0.25) is 0 Å². The van der Waals surface area contributed by atoms with Gasteiger partial charge in [0.25, 0.3) is 0 Å². The largest absolute Gasteiger partial charge is 0.497 e. The van der Waals surface area contributed by atoms with E-state index in [1.165, 1.54) is 5.56 Å². The Morgan fingerprint density at radius 1 is 0.944 bits per heavy atom. The van der Waals surface area contributed by atoms with Gasteiger partial charge in [0.05, 0.1) is 31.4 Å². The first-order chi connectivity index (χ1) is 17.6. The number of esters is 1. The van der Waals surface area contributed by atoms with Crippen molar-refractivity contribution in [2.45, 2.75) is 32.8 Å². The number of nitrogens with zero attached hydrogens (tertiary/aromatic N) is 2. The van der Waals surface area contributed by atoms with Crippen LogP contribution in [0.15, 0.2) is 66.7 Å². The third kappa shape index (κ3) is 6.36. The lowest BCUT2D eigenvalue weighted by atomic mass is 10.1. The van der Waals surface area contributed by atoms with Gasteiger partial charge in [0.1, 0.15) is 29.7 Å². The van der Waals surface area contributed by atoms with E-state index in [9.17, 15) is 4.79 Å². The number of aryl methyl sites for hydroxylation is 2. The average Bonchev–Trinajstić information content (AvgIpc) is 3.22. The summed E-state index contributed by atoms with van der Waals surface area (Å²) in [5.41, 5.74) is 4.01. The summed E-state index contributed by atoms with van der Waals surface area (Å²) >= 11 is 0. The number of methoxy groups -OCH3 is 1. The highest BCUT2D eigenvalue weighted by Crippen LogP contribution is 2.28. The van der Waals surface area contributed by atoms with Crippen LogP contribution in [0.25, 0.3) is 11.0 Å². The zero-order valence-corrected chi connectivity index (χ0v) is 21.0. The highest BCUT2D eigenvalue weighted by Gasteiger charge is 2.13. The van der Waals surface area contributed by atoms with Crippen LogP contribution in [0.1, 0.15) is 30.3 Å².